The summed E-state index contributed by atoms with van der Waals surface area (Å²) in [6.45, 7) is 5.71. The van der Waals surface area contributed by atoms with Crippen molar-refractivity contribution in [3.05, 3.63) is 29.3 Å². The van der Waals surface area contributed by atoms with Crippen molar-refractivity contribution >= 4 is 0 Å². The van der Waals surface area contributed by atoms with Gasteiger partial charge in [-0.25, -0.2) is 0 Å². The first-order valence-corrected chi connectivity index (χ1v) is 9.44. The van der Waals surface area contributed by atoms with Crippen LogP contribution in [-0.4, -0.2) is 48.6 Å². The van der Waals surface area contributed by atoms with Crippen LogP contribution in [0.25, 0.3) is 0 Å². The highest BCUT2D eigenvalue weighted by atomic mass is 16.5. The van der Waals surface area contributed by atoms with Gasteiger partial charge in [0, 0.05) is 18.1 Å². The lowest BCUT2D eigenvalue weighted by atomic mass is 10.1. The van der Waals surface area contributed by atoms with Crippen molar-refractivity contribution in [3.63, 3.8) is 0 Å². The number of rotatable bonds is 4. The molecule has 2 saturated heterocycles. The van der Waals surface area contributed by atoms with Gasteiger partial charge in [-0.3, -0.25) is 9.80 Å². The first kappa shape index (κ1) is 15.5. The second-order valence-electron chi connectivity index (χ2n) is 7.71. The minimum absolute atomic E-state index is 0.579. The normalized spacial score (nSPS) is 31.7. The molecule has 2 heterocycles. The maximum atomic E-state index is 6.14. The quantitative estimate of drug-likeness (QED) is 0.844. The molecular weight excluding hydrogens is 284 g/mol. The van der Waals surface area contributed by atoms with Crippen LogP contribution in [0.4, 0.5) is 0 Å². The molecule has 1 aromatic rings. The van der Waals surface area contributed by atoms with Gasteiger partial charge < -0.3 is 4.74 Å². The van der Waals surface area contributed by atoms with Crippen molar-refractivity contribution in [3.8, 4) is 5.75 Å². The van der Waals surface area contributed by atoms with E-state index < -0.39 is 0 Å². The van der Waals surface area contributed by atoms with E-state index in [0.717, 1.165) is 12.4 Å². The number of ether oxygens (including phenoxy) is 1. The van der Waals surface area contributed by atoms with Crippen LogP contribution in [0.2, 0.25) is 0 Å². The number of fused-ring (bicyclic) bond motifs is 1. The predicted octanol–water partition coefficient (Wildman–Crippen LogP) is 3.63. The minimum atomic E-state index is 0.579. The van der Waals surface area contributed by atoms with E-state index >= 15 is 0 Å². The SMILES string of the molecule is CC1CCC(COc2ccc3c(c2)CCC3N2CCCC2)N1C. The highest BCUT2D eigenvalue weighted by Crippen LogP contribution is 2.39. The monoisotopic (exact) mass is 314 g/mol. The van der Waals surface area contributed by atoms with Crippen molar-refractivity contribution < 1.29 is 4.74 Å². The number of aryl methyl sites for hydroxylation is 1. The van der Waals surface area contributed by atoms with E-state index in [1.54, 1.807) is 5.56 Å². The zero-order chi connectivity index (χ0) is 15.8. The molecule has 3 aliphatic rings. The van der Waals surface area contributed by atoms with Crippen LogP contribution in [0.15, 0.2) is 18.2 Å². The molecule has 1 aliphatic carbocycles. The van der Waals surface area contributed by atoms with Gasteiger partial charge in [0.15, 0.2) is 0 Å². The molecule has 3 unspecified atom stereocenters. The Bertz CT molecular complexity index is 553. The van der Waals surface area contributed by atoms with Gasteiger partial charge in [0.05, 0.1) is 0 Å². The second-order valence-corrected chi connectivity index (χ2v) is 7.71. The lowest BCUT2D eigenvalue weighted by Crippen LogP contribution is -2.34. The average molecular weight is 314 g/mol. The van der Waals surface area contributed by atoms with Gasteiger partial charge in [0.1, 0.15) is 12.4 Å². The van der Waals surface area contributed by atoms with Crippen molar-refractivity contribution in [2.75, 3.05) is 26.7 Å². The summed E-state index contributed by atoms with van der Waals surface area (Å²) in [5.74, 6) is 1.07. The largest absolute Gasteiger partial charge is 0.492 e. The fourth-order valence-electron chi connectivity index (χ4n) is 4.69. The van der Waals surface area contributed by atoms with E-state index in [9.17, 15) is 0 Å². The number of nitrogens with zero attached hydrogens (tertiary/aromatic N) is 2. The Kier molecular flexibility index (Phi) is 4.33. The molecule has 2 aliphatic heterocycles. The average Bonchev–Trinajstić information content (AvgIpc) is 3.27. The van der Waals surface area contributed by atoms with E-state index in [0.29, 0.717) is 18.1 Å². The zero-order valence-corrected chi connectivity index (χ0v) is 14.6. The third-order valence-corrected chi connectivity index (χ3v) is 6.37. The highest BCUT2D eigenvalue weighted by Gasteiger charge is 2.30. The Morgan fingerprint density at radius 1 is 1.13 bits per heavy atom. The van der Waals surface area contributed by atoms with E-state index in [2.05, 4.69) is 42.0 Å². The van der Waals surface area contributed by atoms with Crippen LogP contribution in [0.3, 0.4) is 0 Å². The molecule has 0 saturated carbocycles. The standard InChI is InChI=1S/C20H30N2O/c1-15-5-7-17(21(15)2)14-23-18-8-9-19-16(13-18)6-10-20(19)22-11-3-4-12-22/h8-9,13,15,17,20H,3-7,10-12,14H2,1-2H3. The Labute approximate surface area is 140 Å². The highest BCUT2D eigenvalue weighted by molar-refractivity contribution is 5.40. The second kappa shape index (κ2) is 6.45. The van der Waals surface area contributed by atoms with Crippen molar-refractivity contribution in [2.24, 2.45) is 0 Å². The molecule has 3 nitrogen and oxygen atoms in total. The summed E-state index contributed by atoms with van der Waals surface area (Å²) in [6, 6.07) is 8.79. The summed E-state index contributed by atoms with van der Waals surface area (Å²) in [7, 11) is 2.23. The van der Waals surface area contributed by atoms with Crippen molar-refractivity contribution in [2.45, 2.75) is 63.6 Å². The first-order valence-electron chi connectivity index (χ1n) is 9.44. The third kappa shape index (κ3) is 3.01. The van der Waals surface area contributed by atoms with Gasteiger partial charge in [-0.1, -0.05) is 6.07 Å². The Morgan fingerprint density at radius 2 is 1.96 bits per heavy atom. The third-order valence-electron chi connectivity index (χ3n) is 6.37. The zero-order valence-electron chi connectivity index (χ0n) is 14.6. The van der Waals surface area contributed by atoms with Crippen molar-refractivity contribution in [1.29, 1.82) is 0 Å². The van der Waals surface area contributed by atoms with Gasteiger partial charge >= 0.3 is 0 Å². The van der Waals surface area contributed by atoms with Crippen molar-refractivity contribution in [1.82, 2.24) is 9.80 Å². The molecule has 0 spiro atoms. The summed E-state index contributed by atoms with van der Waals surface area (Å²) in [6.07, 6.45) is 7.82. The molecule has 4 rings (SSSR count). The van der Waals surface area contributed by atoms with Crippen LogP contribution >= 0.6 is 0 Å². The molecule has 3 heteroatoms. The predicted molar refractivity (Wildman–Crippen MR) is 94.1 cm³/mol. The molecule has 0 amide bonds. The summed E-state index contributed by atoms with van der Waals surface area (Å²) in [5, 5.41) is 0. The van der Waals surface area contributed by atoms with Gasteiger partial charge in [-0.2, -0.15) is 0 Å². The van der Waals surface area contributed by atoms with Gasteiger partial charge in [0.2, 0.25) is 0 Å². The van der Waals surface area contributed by atoms with E-state index in [1.165, 1.54) is 57.2 Å². The summed E-state index contributed by atoms with van der Waals surface area (Å²) >= 11 is 0. The van der Waals surface area contributed by atoms with Crippen LogP contribution in [0.1, 0.15) is 56.2 Å². The molecule has 2 fully saturated rings. The smallest absolute Gasteiger partial charge is 0.119 e. The van der Waals surface area contributed by atoms with E-state index in [-0.39, 0.29) is 0 Å². The van der Waals surface area contributed by atoms with Crippen LogP contribution in [0, 0.1) is 0 Å². The Morgan fingerprint density at radius 3 is 2.70 bits per heavy atom. The number of hydrogen-bond acceptors (Lipinski definition) is 3. The number of benzene rings is 1. The summed E-state index contributed by atoms with van der Waals surface area (Å²) in [5.41, 5.74) is 3.08. The van der Waals surface area contributed by atoms with E-state index in [1.807, 2.05) is 0 Å². The van der Waals surface area contributed by atoms with Crippen LogP contribution in [0.5, 0.6) is 5.75 Å². The Hall–Kier alpha value is -1.06. The lowest BCUT2D eigenvalue weighted by molar-refractivity contribution is 0.174. The molecule has 0 bridgehead atoms. The number of hydrogen-bond donors (Lipinski definition) is 0. The fraction of sp³-hybridized carbons (Fsp3) is 0.700. The topological polar surface area (TPSA) is 15.7 Å². The van der Waals surface area contributed by atoms with Crippen LogP contribution in [-0.2, 0) is 6.42 Å². The fourth-order valence-corrected chi connectivity index (χ4v) is 4.69. The summed E-state index contributed by atoms with van der Waals surface area (Å²) < 4.78 is 6.14. The summed E-state index contributed by atoms with van der Waals surface area (Å²) in [4.78, 5) is 5.15. The van der Waals surface area contributed by atoms with Gasteiger partial charge in [0.25, 0.3) is 0 Å². The minimum Gasteiger partial charge on any atom is -0.492 e. The molecule has 3 atom stereocenters. The molecule has 0 aromatic heterocycles. The first-order chi connectivity index (χ1) is 11.2. The van der Waals surface area contributed by atoms with Gasteiger partial charge in [-0.15, -0.1) is 0 Å². The Balaban J connectivity index is 1.40. The lowest BCUT2D eigenvalue weighted by Gasteiger charge is -2.25. The molecule has 23 heavy (non-hydrogen) atoms. The maximum Gasteiger partial charge on any atom is 0.119 e. The van der Waals surface area contributed by atoms with Gasteiger partial charge in [-0.05, 0) is 88.8 Å². The maximum absolute atomic E-state index is 6.14. The molecule has 0 radical (unpaired) electrons. The molecule has 0 N–H and O–H groups in total. The molecule has 126 valence electrons. The molecular formula is C20H30N2O. The number of likely N-dealkylation sites (N-methyl/N-ethyl adjacent to an activating group) is 1. The van der Waals surface area contributed by atoms with E-state index in [4.69, 9.17) is 4.74 Å². The molecule has 1 aromatic carbocycles. The van der Waals surface area contributed by atoms with Crippen LogP contribution < -0.4 is 4.74 Å². The number of likely N-dealkylation sites (tertiary alicyclic amines) is 2.